The van der Waals surface area contributed by atoms with Crippen molar-refractivity contribution in [3.63, 3.8) is 0 Å². The first kappa shape index (κ1) is 23.0. The molecule has 0 atom stereocenters. The van der Waals surface area contributed by atoms with Gasteiger partial charge in [-0.15, -0.1) is 24.0 Å². The fourth-order valence-electron chi connectivity index (χ4n) is 2.40. The molecule has 7 heteroatoms. The van der Waals surface area contributed by atoms with Crippen LogP contribution in [0.15, 0.2) is 47.5 Å². The molecule has 0 amide bonds. The fourth-order valence-corrected chi connectivity index (χ4v) is 2.40. The van der Waals surface area contributed by atoms with Crippen LogP contribution in [0, 0.1) is 5.82 Å². The van der Waals surface area contributed by atoms with Crippen LogP contribution in [-0.2, 0) is 13.1 Å². The van der Waals surface area contributed by atoms with Crippen LogP contribution < -0.4 is 20.1 Å². The Kier molecular flexibility index (Phi) is 10.5. The zero-order valence-corrected chi connectivity index (χ0v) is 18.3. The maximum Gasteiger partial charge on any atom is 0.191 e. The van der Waals surface area contributed by atoms with Crippen LogP contribution in [0.25, 0.3) is 0 Å². The first-order valence-electron chi connectivity index (χ1n) is 8.72. The average molecular weight is 487 g/mol. The first-order chi connectivity index (χ1) is 12.7. The van der Waals surface area contributed by atoms with E-state index < -0.39 is 0 Å². The third kappa shape index (κ3) is 7.62. The average Bonchev–Trinajstić information content (AvgIpc) is 2.66. The van der Waals surface area contributed by atoms with E-state index in [0.29, 0.717) is 25.7 Å². The SMILES string of the molecule is CCNC(=NCc1cccc(OC)c1)NCc1ccc(OCC)c(F)c1.I. The molecule has 2 rings (SSSR count). The molecule has 0 saturated carbocycles. The van der Waals surface area contributed by atoms with E-state index in [4.69, 9.17) is 9.47 Å². The van der Waals surface area contributed by atoms with E-state index in [-0.39, 0.29) is 35.5 Å². The summed E-state index contributed by atoms with van der Waals surface area (Å²) in [5, 5.41) is 6.40. The van der Waals surface area contributed by atoms with E-state index in [1.165, 1.54) is 6.07 Å². The monoisotopic (exact) mass is 487 g/mol. The molecule has 2 N–H and O–H groups in total. The topological polar surface area (TPSA) is 54.9 Å². The van der Waals surface area contributed by atoms with Crippen LogP contribution >= 0.6 is 24.0 Å². The summed E-state index contributed by atoms with van der Waals surface area (Å²) in [5.74, 6) is 1.39. The molecule has 0 radical (unpaired) electrons. The minimum Gasteiger partial charge on any atom is -0.497 e. The van der Waals surface area contributed by atoms with Crippen LogP contribution in [0.1, 0.15) is 25.0 Å². The molecular formula is C20H27FIN3O2. The Morgan fingerprint density at radius 2 is 1.89 bits per heavy atom. The molecule has 0 fully saturated rings. The third-order valence-corrected chi connectivity index (χ3v) is 3.65. The number of methoxy groups -OCH3 is 1. The molecule has 0 aromatic heterocycles. The van der Waals surface area contributed by atoms with E-state index in [0.717, 1.165) is 23.4 Å². The highest BCUT2D eigenvalue weighted by Crippen LogP contribution is 2.18. The van der Waals surface area contributed by atoms with Crippen LogP contribution in [-0.4, -0.2) is 26.2 Å². The van der Waals surface area contributed by atoms with Gasteiger partial charge in [0.1, 0.15) is 5.75 Å². The van der Waals surface area contributed by atoms with Gasteiger partial charge >= 0.3 is 0 Å². The molecule has 0 aliphatic heterocycles. The number of ether oxygens (including phenoxy) is 2. The zero-order valence-electron chi connectivity index (χ0n) is 15.9. The molecule has 0 heterocycles. The summed E-state index contributed by atoms with van der Waals surface area (Å²) in [6.45, 7) is 5.99. The van der Waals surface area contributed by atoms with Crippen molar-refractivity contribution >= 4 is 29.9 Å². The molecule has 148 valence electrons. The van der Waals surface area contributed by atoms with Crippen molar-refractivity contribution in [1.29, 1.82) is 0 Å². The molecule has 2 aromatic rings. The van der Waals surface area contributed by atoms with E-state index >= 15 is 0 Å². The van der Waals surface area contributed by atoms with Crippen molar-refractivity contribution in [2.75, 3.05) is 20.3 Å². The van der Waals surface area contributed by atoms with Crippen molar-refractivity contribution in [3.05, 3.63) is 59.4 Å². The second kappa shape index (κ2) is 12.4. The Balaban J connectivity index is 0.00000364. The van der Waals surface area contributed by atoms with Crippen LogP contribution in [0.3, 0.4) is 0 Å². The van der Waals surface area contributed by atoms with Gasteiger partial charge in [-0.3, -0.25) is 0 Å². The smallest absolute Gasteiger partial charge is 0.191 e. The van der Waals surface area contributed by atoms with Gasteiger partial charge < -0.3 is 20.1 Å². The van der Waals surface area contributed by atoms with Gasteiger partial charge in [0.2, 0.25) is 0 Å². The lowest BCUT2D eigenvalue weighted by atomic mass is 10.2. The summed E-state index contributed by atoms with van der Waals surface area (Å²) in [6, 6.07) is 12.8. The molecule has 5 nitrogen and oxygen atoms in total. The van der Waals surface area contributed by atoms with Gasteiger partial charge in [0.05, 0.1) is 20.3 Å². The molecule has 0 bridgehead atoms. The number of hydrogen-bond acceptors (Lipinski definition) is 3. The normalized spacial score (nSPS) is 10.7. The summed E-state index contributed by atoms with van der Waals surface area (Å²) >= 11 is 0. The number of nitrogens with one attached hydrogen (secondary N) is 2. The van der Waals surface area contributed by atoms with E-state index in [1.54, 1.807) is 13.2 Å². The molecule has 27 heavy (non-hydrogen) atoms. The predicted molar refractivity (Wildman–Crippen MR) is 118 cm³/mol. The largest absolute Gasteiger partial charge is 0.497 e. The van der Waals surface area contributed by atoms with E-state index in [1.807, 2.05) is 44.2 Å². The number of nitrogens with zero attached hydrogens (tertiary/aromatic N) is 1. The molecule has 2 aromatic carbocycles. The molecular weight excluding hydrogens is 460 g/mol. The lowest BCUT2D eigenvalue weighted by Gasteiger charge is -2.12. The Bertz CT molecular complexity index is 741. The second-order valence-electron chi connectivity index (χ2n) is 5.60. The van der Waals surface area contributed by atoms with Crippen LogP contribution in [0.5, 0.6) is 11.5 Å². The molecule has 0 aliphatic carbocycles. The maximum absolute atomic E-state index is 13.9. The quantitative estimate of drug-likeness (QED) is 0.335. The maximum atomic E-state index is 13.9. The van der Waals surface area contributed by atoms with Gasteiger partial charge in [0, 0.05) is 13.1 Å². The van der Waals surface area contributed by atoms with E-state index in [2.05, 4.69) is 15.6 Å². The highest BCUT2D eigenvalue weighted by Gasteiger charge is 2.05. The molecule has 0 spiro atoms. The fraction of sp³-hybridized carbons (Fsp3) is 0.350. The van der Waals surface area contributed by atoms with Crippen molar-refractivity contribution in [2.24, 2.45) is 4.99 Å². The van der Waals surface area contributed by atoms with E-state index in [9.17, 15) is 4.39 Å². The summed E-state index contributed by atoms with van der Waals surface area (Å²) in [6.07, 6.45) is 0. The standard InChI is InChI=1S/C20H26FN3O2.HI/c1-4-22-20(23-13-15-7-6-8-17(11-15)25-3)24-14-16-9-10-19(26-5-2)18(21)12-16;/h6-12H,4-5,13-14H2,1-3H3,(H2,22,23,24);1H. The number of rotatable bonds is 8. The Hall–Kier alpha value is -2.03. The number of benzene rings is 2. The molecule has 0 unspecified atom stereocenters. The van der Waals surface area contributed by atoms with Gasteiger partial charge in [0.15, 0.2) is 17.5 Å². The number of halogens is 2. The van der Waals surface area contributed by atoms with Gasteiger partial charge in [-0.05, 0) is 49.2 Å². The van der Waals surface area contributed by atoms with Crippen molar-refractivity contribution in [1.82, 2.24) is 10.6 Å². The van der Waals surface area contributed by atoms with Crippen molar-refractivity contribution < 1.29 is 13.9 Å². The van der Waals surface area contributed by atoms with Gasteiger partial charge in [-0.1, -0.05) is 18.2 Å². The number of guanidine groups is 1. The lowest BCUT2D eigenvalue weighted by molar-refractivity contribution is 0.321. The van der Waals surface area contributed by atoms with Gasteiger partial charge in [-0.25, -0.2) is 9.38 Å². The summed E-state index contributed by atoms with van der Waals surface area (Å²) in [5.41, 5.74) is 1.87. The van der Waals surface area contributed by atoms with Crippen molar-refractivity contribution in [3.8, 4) is 11.5 Å². The molecule has 0 aliphatic rings. The summed E-state index contributed by atoms with van der Waals surface area (Å²) in [7, 11) is 1.64. The highest BCUT2D eigenvalue weighted by atomic mass is 127. The van der Waals surface area contributed by atoms with Gasteiger partial charge in [0.25, 0.3) is 0 Å². The number of aliphatic imine (C=N–C) groups is 1. The minimum absolute atomic E-state index is 0. The van der Waals surface area contributed by atoms with Crippen molar-refractivity contribution in [2.45, 2.75) is 26.9 Å². The van der Waals surface area contributed by atoms with Crippen LogP contribution in [0.4, 0.5) is 4.39 Å². The van der Waals surface area contributed by atoms with Gasteiger partial charge in [-0.2, -0.15) is 0 Å². The zero-order chi connectivity index (χ0) is 18.8. The molecule has 0 saturated heterocycles. The predicted octanol–water partition coefficient (Wildman–Crippen LogP) is 4.11. The minimum atomic E-state index is -0.357. The Morgan fingerprint density at radius 1 is 1.07 bits per heavy atom. The summed E-state index contributed by atoms with van der Waals surface area (Å²) < 4.78 is 24.4. The lowest BCUT2D eigenvalue weighted by Crippen LogP contribution is -2.36. The Labute approximate surface area is 177 Å². The second-order valence-corrected chi connectivity index (χ2v) is 5.60. The highest BCUT2D eigenvalue weighted by molar-refractivity contribution is 14.0. The number of hydrogen-bond donors (Lipinski definition) is 2. The first-order valence-corrected chi connectivity index (χ1v) is 8.72. The summed E-state index contributed by atoms with van der Waals surface area (Å²) in [4.78, 5) is 4.56. The Morgan fingerprint density at radius 3 is 2.56 bits per heavy atom. The van der Waals surface area contributed by atoms with Crippen LogP contribution in [0.2, 0.25) is 0 Å². The third-order valence-electron chi connectivity index (χ3n) is 3.65.